The van der Waals surface area contributed by atoms with Crippen molar-refractivity contribution < 1.29 is 64.5 Å². The van der Waals surface area contributed by atoms with Gasteiger partial charge in [0.2, 0.25) is 0 Å². The molecule has 2 unspecified atom stereocenters. The first kappa shape index (κ1) is 30.9. The molecular weight excluding hydrogens is 502 g/mol. The monoisotopic (exact) mass is 543 g/mol. The molecule has 3 aliphatic heterocycles. The normalized spacial score (nSPS) is 49.2. The fraction of sp³-hybridized carbons (Fsp3) is 1.00. The predicted octanol–water partition coefficient (Wildman–Crippen LogP) is -6.63. The highest BCUT2D eigenvalue weighted by molar-refractivity contribution is 4.99. The first-order valence-corrected chi connectivity index (χ1v) is 12.3. The summed E-state index contributed by atoms with van der Waals surface area (Å²) < 4.78 is 28.3. The molecule has 0 aromatic heterocycles. The van der Waals surface area contributed by atoms with E-state index in [9.17, 15) is 40.9 Å². The summed E-state index contributed by atoms with van der Waals surface area (Å²) in [7, 11) is 0. The van der Waals surface area contributed by atoms with Gasteiger partial charge < -0.3 is 81.3 Å². The molecule has 16 nitrogen and oxygen atoms in total. The Bertz CT molecular complexity index is 694. The summed E-state index contributed by atoms with van der Waals surface area (Å²) in [5.41, 5.74) is 11.7. The smallest absolute Gasteiger partial charge is 0.176 e. The van der Waals surface area contributed by atoms with Crippen molar-refractivity contribution in [2.45, 2.75) is 105 Å². The molecule has 0 radical (unpaired) electrons. The van der Waals surface area contributed by atoms with Crippen molar-refractivity contribution in [3.63, 3.8) is 0 Å². The zero-order valence-corrected chi connectivity index (χ0v) is 20.5. The van der Waals surface area contributed by atoms with Gasteiger partial charge in [-0.1, -0.05) is 6.92 Å². The Morgan fingerprint density at radius 2 is 1.22 bits per heavy atom. The van der Waals surface area contributed by atoms with Crippen molar-refractivity contribution in [2.24, 2.45) is 11.5 Å². The van der Waals surface area contributed by atoms with E-state index in [1.165, 1.54) is 0 Å². The van der Waals surface area contributed by atoms with E-state index in [4.69, 9.17) is 35.2 Å². The molecule has 3 aliphatic rings. The summed E-state index contributed by atoms with van der Waals surface area (Å²) in [6.07, 6.45) is -15.6. The van der Waals surface area contributed by atoms with Gasteiger partial charge in [0.1, 0.15) is 54.9 Å². The average molecular weight is 544 g/mol. The number of ether oxygens (including phenoxy) is 5. The minimum Gasteiger partial charge on any atom is -0.394 e. The van der Waals surface area contributed by atoms with E-state index in [0.717, 1.165) is 0 Å². The molecule has 15 atom stereocenters. The summed E-state index contributed by atoms with van der Waals surface area (Å²) in [5.74, 6) is 0. The summed E-state index contributed by atoms with van der Waals surface area (Å²) >= 11 is 0. The molecule has 0 saturated carbocycles. The van der Waals surface area contributed by atoms with Gasteiger partial charge in [-0.25, -0.2) is 0 Å². The number of nitrogens with two attached hydrogens (primary N) is 2. The molecular formula is C21H41N3O13. The lowest BCUT2D eigenvalue weighted by Gasteiger charge is -2.49. The second-order valence-corrected chi connectivity index (χ2v) is 9.50. The Kier molecular flexibility index (Phi) is 11.4. The van der Waals surface area contributed by atoms with E-state index in [1.54, 1.807) is 0 Å². The SMILES string of the molecule is CCCN[C@H]1[C@H](OC2[C@@H](CO)O[C@@H](O)[C@H](N)[C@H]2O)O[C@H](CO)C(O[C@@H]2O[C@H](CO)[C@@H](O)[C@H](O)[C@H]2N)[C@@H]1O. The third-order valence-corrected chi connectivity index (χ3v) is 6.91. The standard InChI is InChI=1S/C21H41N3O13/c1-2-3-24-12-16(31)18(36-20-11(23)14(29)13(28)7(4-25)34-20)9(6-27)35-21(12)37-17-8(5-26)33-19(32)10(22)15(17)30/h7-21,24-32H,2-6,22-23H2,1H3/t7-,8-,9-,10-,11-,12-,13-,14-,15-,16-,17?,18?,19-,20+,21+/m1/s1. The van der Waals surface area contributed by atoms with Gasteiger partial charge in [0.15, 0.2) is 18.9 Å². The van der Waals surface area contributed by atoms with E-state index in [2.05, 4.69) is 5.32 Å². The van der Waals surface area contributed by atoms with Gasteiger partial charge in [-0.05, 0) is 13.0 Å². The molecule has 13 N–H and O–H groups in total. The molecule has 218 valence electrons. The minimum absolute atomic E-state index is 0.393. The Labute approximate surface area is 213 Å². The molecule has 0 amide bonds. The van der Waals surface area contributed by atoms with Gasteiger partial charge >= 0.3 is 0 Å². The molecule has 0 bridgehead atoms. The van der Waals surface area contributed by atoms with E-state index >= 15 is 0 Å². The topological polar surface area (TPSA) is 272 Å². The third kappa shape index (κ3) is 6.58. The van der Waals surface area contributed by atoms with Crippen molar-refractivity contribution in [3.8, 4) is 0 Å². The molecule has 0 aliphatic carbocycles. The van der Waals surface area contributed by atoms with Crippen LogP contribution in [0.15, 0.2) is 0 Å². The van der Waals surface area contributed by atoms with Crippen LogP contribution in [0, 0.1) is 0 Å². The van der Waals surface area contributed by atoms with Crippen molar-refractivity contribution in [2.75, 3.05) is 26.4 Å². The van der Waals surface area contributed by atoms with Gasteiger partial charge in [0.05, 0.1) is 37.9 Å². The van der Waals surface area contributed by atoms with Crippen LogP contribution in [0.2, 0.25) is 0 Å². The molecule has 16 heteroatoms. The Morgan fingerprint density at radius 1 is 0.676 bits per heavy atom. The largest absolute Gasteiger partial charge is 0.394 e. The maximum Gasteiger partial charge on any atom is 0.176 e. The van der Waals surface area contributed by atoms with Crippen LogP contribution in [-0.4, -0.2) is 159 Å². The van der Waals surface area contributed by atoms with E-state index in [1.807, 2.05) is 6.92 Å². The Morgan fingerprint density at radius 3 is 1.81 bits per heavy atom. The number of hydrogen-bond donors (Lipinski definition) is 11. The highest BCUT2D eigenvalue weighted by Gasteiger charge is 2.52. The maximum atomic E-state index is 11.3. The highest BCUT2D eigenvalue weighted by Crippen LogP contribution is 2.31. The van der Waals surface area contributed by atoms with Gasteiger partial charge in [0.25, 0.3) is 0 Å². The van der Waals surface area contributed by atoms with Crippen LogP contribution in [0.1, 0.15) is 13.3 Å². The van der Waals surface area contributed by atoms with Crippen LogP contribution in [0.5, 0.6) is 0 Å². The van der Waals surface area contributed by atoms with Crippen molar-refractivity contribution in [3.05, 3.63) is 0 Å². The maximum absolute atomic E-state index is 11.3. The first-order valence-electron chi connectivity index (χ1n) is 12.3. The highest BCUT2D eigenvalue weighted by atomic mass is 16.7. The third-order valence-electron chi connectivity index (χ3n) is 6.91. The van der Waals surface area contributed by atoms with Crippen LogP contribution in [0.4, 0.5) is 0 Å². The number of nitrogens with one attached hydrogen (secondary N) is 1. The Balaban J connectivity index is 1.81. The van der Waals surface area contributed by atoms with E-state index in [0.29, 0.717) is 13.0 Å². The summed E-state index contributed by atoms with van der Waals surface area (Å²) in [6, 6.07) is -3.52. The first-order chi connectivity index (χ1) is 17.6. The zero-order valence-electron chi connectivity index (χ0n) is 20.5. The lowest BCUT2D eigenvalue weighted by atomic mass is 9.94. The molecule has 3 fully saturated rings. The second-order valence-electron chi connectivity index (χ2n) is 9.50. The molecule has 0 aromatic rings. The van der Waals surface area contributed by atoms with Gasteiger partial charge in [-0.2, -0.15) is 0 Å². The molecule has 3 rings (SSSR count). The second kappa shape index (κ2) is 13.6. The molecule has 3 heterocycles. The van der Waals surface area contributed by atoms with Gasteiger partial charge in [-0.15, -0.1) is 0 Å². The van der Waals surface area contributed by atoms with Gasteiger partial charge in [-0.3, -0.25) is 0 Å². The van der Waals surface area contributed by atoms with Crippen LogP contribution in [0.25, 0.3) is 0 Å². The predicted molar refractivity (Wildman–Crippen MR) is 121 cm³/mol. The van der Waals surface area contributed by atoms with Crippen molar-refractivity contribution in [1.82, 2.24) is 5.32 Å². The lowest BCUT2D eigenvalue weighted by Crippen LogP contribution is -2.70. The number of hydrogen-bond acceptors (Lipinski definition) is 16. The van der Waals surface area contributed by atoms with Crippen LogP contribution in [0.3, 0.4) is 0 Å². The molecule has 0 aromatic carbocycles. The molecule has 0 spiro atoms. The van der Waals surface area contributed by atoms with E-state index in [-0.39, 0.29) is 0 Å². The Hall–Kier alpha value is -0.640. The van der Waals surface area contributed by atoms with E-state index < -0.39 is 112 Å². The minimum atomic E-state index is -1.54. The quantitative estimate of drug-likeness (QED) is 0.122. The van der Waals surface area contributed by atoms with Crippen molar-refractivity contribution in [1.29, 1.82) is 0 Å². The fourth-order valence-electron chi connectivity index (χ4n) is 4.68. The molecule has 3 saturated heterocycles. The van der Waals surface area contributed by atoms with Gasteiger partial charge in [0, 0.05) is 0 Å². The summed E-state index contributed by atoms with van der Waals surface area (Å²) in [6.45, 7) is 0.345. The van der Waals surface area contributed by atoms with Crippen LogP contribution >= 0.6 is 0 Å². The number of aliphatic hydroxyl groups is 8. The van der Waals surface area contributed by atoms with Crippen LogP contribution < -0.4 is 16.8 Å². The average Bonchev–Trinajstić information content (AvgIpc) is 2.89. The summed E-state index contributed by atoms with van der Waals surface area (Å²) in [4.78, 5) is 0. The lowest BCUT2D eigenvalue weighted by molar-refractivity contribution is -0.350. The van der Waals surface area contributed by atoms with Crippen LogP contribution in [-0.2, 0) is 23.7 Å². The van der Waals surface area contributed by atoms with Crippen molar-refractivity contribution >= 4 is 0 Å². The fourth-order valence-corrected chi connectivity index (χ4v) is 4.68. The summed E-state index contributed by atoms with van der Waals surface area (Å²) in [5, 5.41) is 84.2. The molecule has 37 heavy (non-hydrogen) atoms. The number of rotatable bonds is 10. The number of aliphatic hydroxyl groups excluding tert-OH is 8. The zero-order chi connectivity index (χ0) is 27.4.